The second kappa shape index (κ2) is 7.05. The van der Waals surface area contributed by atoms with Gasteiger partial charge in [-0.15, -0.1) is 0 Å². The number of hydrogen-bond acceptors (Lipinski definition) is 3. The lowest BCUT2D eigenvalue weighted by molar-refractivity contribution is -0.115. The molecule has 3 aromatic rings. The average molecular weight is 377 g/mol. The van der Waals surface area contributed by atoms with Crippen LogP contribution >= 0.6 is 11.6 Å². The van der Waals surface area contributed by atoms with Gasteiger partial charge in [-0.05, 0) is 36.4 Å². The fraction of sp³-hybridized carbons (Fsp3) is 0.111. The third-order valence-corrected chi connectivity index (χ3v) is 4.16. The minimum Gasteiger partial charge on any atom is -0.497 e. The predicted molar refractivity (Wildman–Crippen MR) is 95.6 cm³/mol. The Bertz CT molecular complexity index is 1020. The van der Waals surface area contributed by atoms with E-state index in [2.05, 4.69) is 10.3 Å². The Hall–Kier alpha value is -3.06. The number of benzene rings is 2. The number of fused-ring (bicyclic) bond motifs is 1. The van der Waals surface area contributed by atoms with Crippen LogP contribution in [0.15, 0.2) is 36.4 Å². The maximum absolute atomic E-state index is 13.2. The van der Waals surface area contributed by atoms with Gasteiger partial charge in [-0.2, -0.15) is 0 Å². The first kappa shape index (κ1) is 17.8. The van der Waals surface area contributed by atoms with Crippen LogP contribution in [0.2, 0.25) is 5.02 Å². The second-order valence-corrected chi connectivity index (χ2v) is 5.96. The van der Waals surface area contributed by atoms with Crippen molar-refractivity contribution in [3.63, 3.8) is 0 Å². The Morgan fingerprint density at radius 1 is 1.27 bits per heavy atom. The van der Waals surface area contributed by atoms with Gasteiger partial charge >= 0.3 is 5.97 Å². The topological polar surface area (TPSA) is 91.4 Å². The monoisotopic (exact) mass is 376 g/mol. The third kappa shape index (κ3) is 3.48. The van der Waals surface area contributed by atoms with E-state index in [1.165, 1.54) is 19.2 Å². The van der Waals surface area contributed by atoms with Crippen molar-refractivity contribution in [1.29, 1.82) is 0 Å². The number of carbonyl (C=O) groups is 2. The van der Waals surface area contributed by atoms with E-state index in [0.29, 0.717) is 27.9 Å². The maximum atomic E-state index is 13.2. The molecule has 3 rings (SSSR count). The molecule has 6 nitrogen and oxygen atoms in total. The van der Waals surface area contributed by atoms with E-state index in [4.69, 9.17) is 16.3 Å². The lowest BCUT2D eigenvalue weighted by Gasteiger charge is -2.07. The zero-order valence-electron chi connectivity index (χ0n) is 13.6. The molecule has 0 aliphatic rings. The van der Waals surface area contributed by atoms with E-state index in [1.807, 2.05) is 0 Å². The van der Waals surface area contributed by atoms with Gasteiger partial charge in [0.15, 0.2) is 0 Å². The largest absolute Gasteiger partial charge is 0.497 e. The molecule has 0 spiro atoms. The SMILES string of the molecule is COc1ccc2[nH]c(C(=O)O)c(CC(=O)Nc3ccc(F)c(Cl)c3)c2c1. The highest BCUT2D eigenvalue weighted by atomic mass is 35.5. The van der Waals surface area contributed by atoms with Crippen LogP contribution < -0.4 is 10.1 Å². The van der Waals surface area contributed by atoms with Gasteiger partial charge in [0.25, 0.3) is 0 Å². The van der Waals surface area contributed by atoms with Gasteiger partial charge in [-0.3, -0.25) is 4.79 Å². The van der Waals surface area contributed by atoms with Crippen LogP contribution in [0, 0.1) is 5.82 Å². The molecule has 1 heterocycles. The number of H-pyrrole nitrogens is 1. The minimum absolute atomic E-state index is 0.0689. The zero-order chi connectivity index (χ0) is 18.8. The normalized spacial score (nSPS) is 10.7. The van der Waals surface area contributed by atoms with Gasteiger partial charge < -0.3 is 20.1 Å². The van der Waals surface area contributed by atoms with Crippen molar-refractivity contribution in [2.24, 2.45) is 0 Å². The average Bonchev–Trinajstić information content (AvgIpc) is 2.96. The summed E-state index contributed by atoms with van der Waals surface area (Å²) in [6.07, 6.45) is -0.191. The van der Waals surface area contributed by atoms with Gasteiger partial charge in [-0.25, -0.2) is 9.18 Å². The number of anilines is 1. The molecule has 0 bridgehead atoms. The smallest absolute Gasteiger partial charge is 0.352 e. The highest BCUT2D eigenvalue weighted by Crippen LogP contribution is 2.28. The van der Waals surface area contributed by atoms with E-state index in [0.717, 1.165) is 6.07 Å². The van der Waals surface area contributed by atoms with Crippen LogP contribution in [0.1, 0.15) is 16.1 Å². The Balaban J connectivity index is 1.93. The number of aromatic amines is 1. The molecule has 8 heteroatoms. The summed E-state index contributed by atoms with van der Waals surface area (Å²) in [5, 5.41) is 12.4. The number of aromatic carboxylic acids is 1. The van der Waals surface area contributed by atoms with Crippen LogP contribution in [-0.4, -0.2) is 29.1 Å². The number of halogens is 2. The molecule has 134 valence electrons. The number of rotatable bonds is 5. The van der Waals surface area contributed by atoms with Crippen molar-refractivity contribution in [2.45, 2.75) is 6.42 Å². The fourth-order valence-electron chi connectivity index (χ4n) is 2.66. The number of carbonyl (C=O) groups excluding carboxylic acids is 1. The van der Waals surface area contributed by atoms with Crippen molar-refractivity contribution in [2.75, 3.05) is 12.4 Å². The van der Waals surface area contributed by atoms with Gasteiger partial charge in [-0.1, -0.05) is 11.6 Å². The highest BCUT2D eigenvalue weighted by Gasteiger charge is 2.20. The van der Waals surface area contributed by atoms with E-state index in [1.54, 1.807) is 18.2 Å². The number of amides is 1. The number of methoxy groups -OCH3 is 1. The number of ether oxygens (including phenoxy) is 1. The molecular weight excluding hydrogens is 363 g/mol. The Morgan fingerprint density at radius 3 is 2.69 bits per heavy atom. The van der Waals surface area contributed by atoms with Crippen molar-refractivity contribution in [1.82, 2.24) is 4.98 Å². The lowest BCUT2D eigenvalue weighted by Crippen LogP contribution is -2.16. The molecule has 0 fully saturated rings. The number of nitrogens with one attached hydrogen (secondary N) is 2. The Morgan fingerprint density at radius 2 is 2.04 bits per heavy atom. The Labute approximate surface area is 152 Å². The quantitative estimate of drug-likeness (QED) is 0.630. The Kier molecular flexibility index (Phi) is 4.81. The lowest BCUT2D eigenvalue weighted by atomic mass is 10.1. The fourth-order valence-corrected chi connectivity index (χ4v) is 2.84. The summed E-state index contributed by atoms with van der Waals surface area (Å²) < 4.78 is 18.4. The molecule has 0 aliphatic carbocycles. The second-order valence-electron chi connectivity index (χ2n) is 5.55. The maximum Gasteiger partial charge on any atom is 0.352 e. The van der Waals surface area contributed by atoms with Crippen LogP contribution in [0.25, 0.3) is 10.9 Å². The summed E-state index contributed by atoms with van der Waals surface area (Å²) in [5.74, 6) is -1.69. The highest BCUT2D eigenvalue weighted by molar-refractivity contribution is 6.31. The summed E-state index contributed by atoms with van der Waals surface area (Å²) in [6, 6.07) is 8.82. The van der Waals surface area contributed by atoms with Crippen LogP contribution in [0.3, 0.4) is 0 Å². The zero-order valence-corrected chi connectivity index (χ0v) is 14.4. The number of carboxylic acid groups (broad SMARTS) is 1. The van der Waals surface area contributed by atoms with Crippen LogP contribution in [0.5, 0.6) is 5.75 Å². The first-order chi connectivity index (χ1) is 12.4. The van der Waals surface area contributed by atoms with Crippen LogP contribution in [0.4, 0.5) is 10.1 Å². The van der Waals surface area contributed by atoms with Crippen molar-refractivity contribution in [3.8, 4) is 5.75 Å². The van der Waals surface area contributed by atoms with E-state index in [-0.39, 0.29) is 17.1 Å². The third-order valence-electron chi connectivity index (χ3n) is 3.87. The van der Waals surface area contributed by atoms with Crippen LogP contribution in [-0.2, 0) is 11.2 Å². The van der Waals surface area contributed by atoms with Gasteiger partial charge in [0.1, 0.15) is 17.3 Å². The molecule has 1 aromatic heterocycles. The molecule has 0 unspecified atom stereocenters. The van der Waals surface area contributed by atoms with E-state index >= 15 is 0 Å². The van der Waals surface area contributed by atoms with Crippen molar-refractivity contribution >= 4 is 40.1 Å². The molecule has 1 amide bonds. The molecule has 0 aliphatic heterocycles. The number of hydrogen-bond donors (Lipinski definition) is 3. The standard InChI is InChI=1S/C18H14ClFN2O4/c1-26-10-3-5-15-11(7-10)12(17(22-15)18(24)25)8-16(23)21-9-2-4-14(20)13(19)6-9/h2-7,22H,8H2,1H3,(H,21,23)(H,24,25). The summed E-state index contributed by atoms with van der Waals surface area (Å²) in [5.41, 5.74) is 1.16. The molecule has 2 aromatic carbocycles. The summed E-state index contributed by atoms with van der Waals surface area (Å²) in [4.78, 5) is 26.7. The van der Waals surface area contributed by atoms with E-state index < -0.39 is 17.7 Å². The van der Waals surface area contributed by atoms with Crippen molar-refractivity contribution < 1.29 is 23.8 Å². The summed E-state index contributed by atoms with van der Waals surface area (Å²) in [7, 11) is 1.50. The summed E-state index contributed by atoms with van der Waals surface area (Å²) >= 11 is 5.70. The van der Waals surface area contributed by atoms with E-state index in [9.17, 15) is 19.1 Å². The van der Waals surface area contributed by atoms with Crippen molar-refractivity contribution in [3.05, 3.63) is 58.5 Å². The number of aromatic nitrogens is 1. The first-order valence-corrected chi connectivity index (χ1v) is 7.93. The van der Waals surface area contributed by atoms with Gasteiger partial charge in [0, 0.05) is 22.2 Å². The molecule has 26 heavy (non-hydrogen) atoms. The molecule has 3 N–H and O–H groups in total. The first-order valence-electron chi connectivity index (χ1n) is 7.56. The molecule has 0 radical (unpaired) electrons. The minimum atomic E-state index is -1.17. The predicted octanol–water partition coefficient (Wildman–Crippen LogP) is 3.85. The van der Waals surface area contributed by atoms with Gasteiger partial charge in [0.2, 0.25) is 5.91 Å². The number of carboxylic acids is 1. The molecule has 0 saturated heterocycles. The molecule has 0 atom stereocenters. The molecular formula is C18H14ClFN2O4. The molecule has 0 saturated carbocycles. The van der Waals surface area contributed by atoms with Gasteiger partial charge in [0.05, 0.1) is 18.6 Å². The summed E-state index contributed by atoms with van der Waals surface area (Å²) in [6.45, 7) is 0.